The van der Waals surface area contributed by atoms with E-state index in [1.165, 1.54) is 10.9 Å². The third-order valence-corrected chi connectivity index (χ3v) is 4.01. The lowest BCUT2D eigenvalue weighted by atomic mass is 10.2. The third kappa shape index (κ3) is 3.71. The molecule has 9 heteroatoms. The van der Waals surface area contributed by atoms with E-state index in [4.69, 9.17) is 0 Å². The second-order valence-electron chi connectivity index (χ2n) is 6.42. The molecule has 1 aromatic carbocycles. The molecule has 0 saturated carbocycles. The van der Waals surface area contributed by atoms with Crippen molar-refractivity contribution in [3.63, 3.8) is 0 Å². The quantitative estimate of drug-likeness (QED) is 0.724. The maximum Gasteiger partial charge on any atom is 0.246 e. The number of hydrogen-bond acceptors (Lipinski definition) is 5. The second kappa shape index (κ2) is 6.95. The Morgan fingerprint density at radius 2 is 2.00 bits per heavy atom. The first kappa shape index (κ1) is 17.6. The lowest BCUT2D eigenvalue weighted by molar-refractivity contribution is -0.119. The first-order chi connectivity index (χ1) is 12.3. The van der Waals surface area contributed by atoms with E-state index >= 15 is 0 Å². The van der Waals surface area contributed by atoms with Crippen molar-refractivity contribution in [1.82, 2.24) is 24.5 Å². The number of hydrogen-bond donors (Lipinski definition) is 2. The number of anilines is 2. The summed E-state index contributed by atoms with van der Waals surface area (Å²) in [6, 6.07) is 5.58. The molecule has 3 rings (SSSR count). The molecule has 0 bridgehead atoms. The van der Waals surface area contributed by atoms with Crippen LogP contribution in [0.5, 0.6) is 0 Å². The summed E-state index contributed by atoms with van der Waals surface area (Å²) in [6.45, 7) is 5.49. The Balaban J connectivity index is 1.64. The van der Waals surface area contributed by atoms with E-state index in [2.05, 4.69) is 25.9 Å². The summed E-state index contributed by atoms with van der Waals surface area (Å²) in [6.07, 6.45) is 1.52. The summed E-state index contributed by atoms with van der Waals surface area (Å²) in [5, 5.41) is 13.1. The smallest absolute Gasteiger partial charge is 0.246 e. The Labute approximate surface area is 150 Å². The number of nitrogens with zero attached hydrogens (tertiary/aromatic N) is 5. The Morgan fingerprint density at radius 1 is 1.23 bits per heavy atom. The van der Waals surface area contributed by atoms with Crippen molar-refractivity contribution in [3.05, 3.63) is 30.2 Å². The zero-order valence-electron chi connectivity index (χ0n) is 15.1. The molecule has 2 N–H and O–H groups in total. The van der Waals surface area contributed by atoms with Crippen LogP contribution in [0.1, 0.15) is 19.7 Å². The molecule has 3 aromatic rings. The standard InChI is InChI=1S/C17H21N7O2/c1-10(2)17(26)20-15-8-24(22-21-15)9-16(25)19-12-5-6-14-13(7-12)18-11(3)23(14)4/h5-8,10H,9H2,1-4H3,(H,19,25)(H,20,26). The second-order valence-corrected chi connectivity index (χ2v) is 6.42. The molecule has 0 spiro atoms. The zero-order valence-corrected chi connectivity index (χ0v) is 15.1. The molecule has 2 aromatic heterocycles. The van der Waals surface area contributed by atoms with E-state index in [0.717, 1.165) is 16.9 Å². The number of fused-ring (bicyclic) bond motifs is 1. The minimum atomic E-state index is -0.247. The predicted octanol–water partition coefficient (Wildman–Crippen LogP) is 1.71. The van der Waals surface area contributed by atoms with E-state index < -0.39 is 0 Å². The number of carbonyl (C=O) groups excluding carboxylic acids is 2. The van der Waals surface area contributed by atoms with Gasteiger partial charge in [-0.2, -0.15) is 0 Å². The van der Waals surface area contributed by atoms with Gasteiger partial charge in [0.1, 0.15) is 12.4 Å². The summed E-state index contributed by atoms with van der Waals surface area (Å²) >= 11 is 0. The van der Waals surface area contributed by atoms with Crippen LogP contribution in [0.2, 0.25) is 0 Å². The molecule has 136 valence electrons. The fourth-order valence-electron chi connectivity index (χ4n) is 2.45. The van der Waals surface area contributed by atoms with Gasteiger partial charge in [-0.3, -0.25) is 9.59 Å². The van der Waals surface area contributed by atoms with E-state index in [9.17, 15) is 9.59 Å². The highest BCUT2D eigenvalue weighted by Crippen LogP contribution is 2.19. The summed E-state index contributed by atoms with van der Waals surface area (Å²) in [4.78, 5) is 28.3. The largest absolute Gasteiger partial charge is 0.331 e. The molecule has 0 atom stereocenters. The number of nitrogens with one attached hydrogen (secondary N) is 2. The Morgan fingerprint density at radius 3 is 2.73 bits per heavy atom. The molecular weight excluding hydrogens is 334 g/mol. The van der Waals surface area contributed by atoms with E-state index in [-0.39, 0.29) is 24.3 Å². The monoisotopic (exact) mass is 355 g/mol. The van der Waals surface area contributed by atoms with E-state index in [1.54, 1.807) is 13.8 Å². The minimum Gasteiger partial charge on any atom is -0.331 e. The lowest BCUT2D eigenvalue weighted by Gasteiger charge is -2.05. The average molecular weight is 355 g/mol. The van der Waals surface area contributed by atoms with Crippen molar-refractivity contribution >= 4 is 34.4 Å². The van der Waals surface area contributed by atoms with Crippen molar-refractivity contribution in [2.24, 2.45) is 13.0 Å². The van der Waals surface area contributed by atoms with Gasteiger partial charge in [0, 0.05) is 18.7 Å². The third-order valence-electron chi connectivity index (χ3n) is 4.01. The van der Waals surface area contributed by atoms with Crippen LogP contribution in [0.25, 0.3) is 11.0 Å². The van der Waals surface area contributed by atoms with Crippen molar-refractivity contribution in [2.45, 2.75) is 27.3 Å². The minimum absolute atomic E-state index is 0.0101. The van der Waals surface area contributed by atoms with Crippen molar-refractivity contribution < 1.29 is 9.59 Å². The van der Waals surface area contributed by atoms with Gasteiger partial charge in [-0.15, -0.1) is 5.10 Å². The molecule has 2 heterocycles. The number of carbonyl (C=O) groups is 2. The summed E-state index contributed by atoms with van der Waals surface area (Å²) in [5.74, 6) is 0.668. The van der Waals surface area contributed by atoms with Gasteiger partial charge in [0.25, 0.3) is 0 Å². The highest BCUT2D eigenvalue weighted by Gasteiger charge is 2.12. The molecule has 0 aliphatic carbocycles. The molecular formula is C17H21N7O2. The first-order valence-electron chi connectivity index (χ1n) is 8.27. The van der Waals surface area contributed by atoms with Gasteiger partial charge in [-0.05, 0) is 25.1 Å². The van der Waals surface area contributed by atoms with E-state index in [0.29, 0.717) is 11.5 Å². The van der Waals surface area contributed by atoms with Crippen LogP contribution in [0.4, 0.5) is 11.5 Å². The normalized spacial score (nSPS) is 11.1. The van der Waals surface area contributed by atoms with Crippen LogP contribution in [-0.2, 0) is 23.2 Å². The number of aryl methyl sites for hydroxylation is 2. The van der Waals surface area contributed by atoms with Gasteiger partial charge in [-0.25, -0.2) is 9.67 Å². The SMILES string of the molecule is Cc1nc2cc(NC(=O)Cn3cc(NC(=O)C(C)C)nn3)ccc2n1C. The van der Waals surface area contributed by atoms with Crippen LogP contribution in [0.3, 0.4) is 0 Å². The van der Waals surface area contributed by atoms with Crippen LogP contribution < -0.4 is 10.6 Å². The molecule has 0 aliphatic heterocycles. The Bertz CT molecular complexity index is 971. The Kier molecular flexibility index (Phi) is 4.70. The number of rotatable bonds is 5. The lowest BCUT2D eigenvalue weighted by Crippen LogP contribution is -2.19. The van der Waals surface area contributed by atoms with Gasteiger partial charge in [-0.1, -0.05) is 19.1 Å². The summed E-state index contributed by atoms with van der Waals surface area (Å²) < 4.78 is 3.36. The van der Waals surface area contributed by atoms with Crippen molar-refractivity contribution in [2.75, 3.05) is 10.6 Å². The molecule has 9 nitrogen and oxygen atoms in total. The molecule has 2 amide bonds. The molecule has 0 saturated heterocycles. The molecule has 0 aliphatic rings. The zero-order chi connectivity index (χ0) is 18.8. The fraction of sp³-hybridized carbons (Fsp3) is 0.353. The molecule has 0 unspecified atom stereocenters. The van der Waals surface area contributed by atoms with Gasteiger partial charge in [0.2, 0.25) is 11.8 Å². The van der Waals surface area contributed by atoms with Crippen LogP contribution >= 0.6 is 0 Å². The highest BCUT2D eigenvalue weighted by atomic mass is 16.2. The highest BCUT2D eigenvalue weighted by molar-refractivity contribution is 5.93. The average Bonchev–Trinajstić information content (AvgIpc) is 3.11. The van der Waals surface area contributed by atoms with Gasteiger partial charge >= 0.3 is 0 Å². The van der Waals surface area contributed by atoms with E-state index in [1.807, 2.05) is 36.7 Å². The maximum absolute atomic E-state index is 12.2. The fourth-order valence-corrected chi connectivity index (χ4v) is 2.45. The van der Waals surface area contributed by atoms with Crippen LogP contribution in [0.15, 0.2) is 24.4 Å². The van der Waals surface area contributed by atoms with Crippen LogP contribution in [0, 0.1) is 12.8 Å². The number of aromatic nitrogens is 5. The van der Waals surface area contributed by atoms with Gasteiger partial charge < -0.3 is 15.2 Å². The van der Waals surface area contributed by atoms with Gasteiger partial charge in [0.15, 0.2) is 5.82 Å². The number of imidazole rings is 1. The molecule has 0 fully saturated rings. The van der Waals surface area contributed by atoms with Crippen LogP contribution in [-0.4, -0.2) is 36.4 Å². The van der Waals surface area contributed by atoms with Crippen molar-refractivity contribution in [1.29, 1.82) is 0 Å². The molecule has 26 heavy (non-hydrogen) atoms. The predicted molar refractivity (Wildman–Crippen MR) is 97.6 cm³/mol. The maximum atomic E-state index is 12.2. The van der Waals surface area contributed by atoms with Gasteiger partial charge in [0.05, 0.1) is 17.2 Å². The van der Waals surface area contributed by atoms with Crippen molar-refractivity contribution in [3.8, 4) is 0 Å². The number of amides is 2. The summed E-state index contributed by atoms with van der Waals surface area (Å²) in [7, 11) is 1.95. The topological polar surface area (TPSA) is 107 Å². The number of benzene rings is 1. The summed E-state index contributed by atoms with van der Waals surface area (Å²) in [5.41, 5.74) is 2.48. The molecule has 0 radical (unpaired) electrons. The Hall–Kier alpha value is -3.23. The first-order valence-corrected chi connectivity index (χ1v) is 8.27.